The highest BCUT2D eigenvalue weighted by Crippen LogP contribution is 2.40. The number of carbonyl (C=O) groups excluding carboxylic acids is 5. The summed E-state index contributed by atoms with van der Waals surface area (Å²) in [7, 11) is 0. The third-order valence-corrected chi connectivity index (χ3v) is 14.6. The zero-order valence-electron chi connectivity index (χ0n) is 39.3. The Morgan fingerprint density at radius 1 is 0.915 bits per heavy atom. The molecule has 1 unspecified atom stereocenters. The molecule has 5 aliphatic rings. The standard InChI is InChI=1S/C53H55F2N9O7/c1-2-35-39(54)19-16-30-24-34(65)25-37(44(30)35)47-46(55)48-38(26-57-47)49(62-27-31-17-18-32(28-62)58-31)61-53(60-48)71-29-33-12-11-23-63(33)43(67)15-8-6-4-3-5-7-9-22-56-40-14-10-13-36-45(40)52(70)64(51(36)69)41-20-21-42(66)59-50(41)68/h1,10,13-14,16,19,24-26,31-33,41,56,58,65H,3-9,11-12,15,17-18,20-23,27-29H2,(H,59,66,68)/t31-,32+,33-,41?/m1/s1. The number of hydrogen-bond acceptors (Lipinski definition) is 13. The van der Waals surface area contributed by atoms with Gasteiger partial charge in [-0.15, -0.1) is 6.42 Å². The van der Waals surface area contributed by atoms with Crippen LogP contribution in [0.2, 0.25) is 0 Å². The lowest BCUT2D eigenvalue weighted by Crippen LogP contribution is -2.54. The number of phenolic OH excluding ortho intramolecular Hbond substituents is 1. The Kier molecular flexibility index (Phi) is 13.5. The average Bonchev–Trinajstić information content (AvgIpc) is 4.05. The predicted octanol–water partition coefficient (Wildman–Crippen LogP) is 6.75. The molecule has 0 aliphatic carbocycles. The van der Waals surface area contributed by atoms with Crippen LogP contribution >= 0.6 is 0 Å². The molecule has 368 valence electrons. The number of imide groups is 2. The maximum Gasteiger partial charge on any atom is 0.319 e. The van der Waals surface area contributed by atoms with Gasteiger partial charge in [-0.1, -0.05) is 50.2 Å². The number of amides is 5. The molecule has 10 rings (SSSR count). The zero-order valence-corrected chi connectivity index (χ0v) is 39.3. The SMILES string of the molecule is C#Cc1c(F)ccc2cc(O)cc(-c3ncc4c(N5C[C@H]6CC[C@@H](C5)N6)nc(OC[C@H]5CCCN5C(=O)CCCCCCCCCNc5cccc6c5C(=O)N(C5CCC(=O)NC5=O)C6=O)nc4c3F)c12. The van der Waals surface area contributed by atoms with Gasteiger partial charge in [0, 0.05) is 73.9 Å². The van der Waals surface area contributed by atoms with Crippen molar-refractivity contribution in [3.8, 4) is 35.4 Å². The number of fused-ring (bicyclic) bond motifs is 5. The molecule has 4 N–H and O–H groups in total. The number of hydrogen-bond donors (Lipinski definition) is 4. The Hall–Kier alpha value is -7.26. The number of aromatic nitrogens is 3. The molecule has 71 heavy (non-hydrogen) atoms. The molecule has 4 fully saturated rings. The minimum Gasteiger partial charge on any atom is -0.508 e. The number of carbonyl (C=O) groups is 5. The summed E-state index contributed by atoms with van der Waals surface area (Å²) in [5, 5.41) is 20.9. The van der Waals surface area contributed by atoms with Crippen LogP contribution in [0.15, 0.2) is 48.7 Å². The fourth-order valence-electron chi connectivity index (χ4n) is 11.1. The summed E-state index contributed by atoms with van der Waals surface area (Å²) >= 11 is 0. The molecule has 18 heteroatoms. The van der Waals surface area contributed by atoms with E-state index in [-0.39, 0.29) is 94.1 Å². The van der Waals surface area contributed by atoms with E-state index in [9.17, 15) is 29.1 Å². The number of likely N-dealkylation sites (tertiary alicyclic amines) is 1. The second-order valence-electron chi connectivity index (χ2n) is 19.2. The Bertz CT molecular complexity index is 3000. The Morgan fingerprint density at radius 2 is 1.69 bits per heavy atom. The number of piperidine rings is 1. The average molecular weight is 968 g/mol. The highest BCUT2D eigenvalue weighted by Gasteiger charge is 2.46. The van der Waals surface area contributed by atoms with Gasteiger partial charge in [-0.2, -0.15) is 9.97 Å². The van der Waals surface area contributed by atoms with Crippen LogP contribution < -0.4 is 25.6 Å². The van der Waals surface area contributed by atoms with Gasteiger partial charge >= 0.3 is 6.01 Å². The fraction of sp³-hybridized carbons (Fsp3) is 0.434. The minimum atomic E-state index is -1.01. The summed E-state index contributed by atoms with van der Waals surface area (Å²) in [6.45, 7) is 2.64. The van der Waals surface area contributed by atoms with Crippen LogP contribution in [0.4, 0.5) is 20.3 Å². The minimum absolute atomic E-state index is 0.0332. The van der Waals surface area contributed by atoms with Crippen molar-refractivity contribution >= 4 is 62.7 Å². The van der Waals surface area contributed by atoms with E-state index in [1.807, 2.05) is 4.90 Å². The fourth-order valence-corrected chi connectivity index (χ4v) is 11.1. The van der Waals surface area contributed by atoms with Crippen molar-refractivity contribution in [2.24, 2.45) is 0 Å². The number of benzene rings is 3. The summed E-state index contributed by atoms with van der Waals surface area (Å²) in [4.78, 5) is 83.1. The molecule has 0 spiro atoms. The molecule has 5 amide bonds. The summed E-state index contributed by atoms with van der Waals surface area (Å²) in [5.74, 6) is -0.814. The lowest BCUT2D eigenvalue weighted by Gasteiger charge is -2.34. The summed E-state index contributed by atoms with van der Waals surface area (Å²) in [6, 6.07) is 9.72. The highest BCUT2D eigenvalue weighted by atomic mass is 19.1. The topological polar surface area (TPSA) is 199 Å². The lowest BCUT2D eigenvalue weighted by molar-refractivity contribution is -0.136. The Balaban J connectivity index is 0.724. The number of ether oxygens (including phenoxy) is 1. The second kappa shape index (κ2) is 20.2. The van der Waals surface area contributed by atoms with E-state index >= 15 is 8.78 Å². The second-order valence-corrected chi connectivity index (χ2v) is 19.2. The van der Waals surface area contributed by atoms with E-state index in [0.29, 0.717) is 54.9 Å². The molecule has 4 atom stereocenters. The maximum atomic E-state index is 17.1. The number of nitrogens with one attached hydrogen (secondary N) is 3. The first-order valence-corrected chi connectivity index (χ1v) is 24.8. The van der Waals surface area contributed by atoms with Gasteiger partial charge in [0.1, 0.15) is 41.2 Å². The van der Waals surface area contributed by atoms with Crippen LogP contribution in [-0.2, 0) is 14.4 Å². The first-order valence-electron chi connectivity index (χ1n) is 24.8. The molecule has 5 aliphatic heterocycles. The first-order chi connectivity index (χ1) is 34.5. The molecular weight excluding hydrogens is 913 g/mol. The van der Waals surface area contributed by atoms with E-state index in [0.717, 1.165) is 75.5 Å². The number of rotatable bonds is 17. The van der Waals surface area contributed by atoms with Gasteiger partial charge in [0.2, 0.25) is 17.7 Å². The molecule has 4 saturated heterocycles. The smallest absolute Gasteiger partial charge is 0.319 e. The molecule has 5 aromatic rings. The van der Waals surface area contributed by atoms with Crippen LogP contribution in [0.5, 0.6) is 11.8 Å². The van der Waals surface area contributed by atoms with Crippen molar-refractivity contribution in [1.82, 2.24) is 35.4 Å². The molecule has 16 nitrogen and oxygen atoms in total. The zero-order chi connectivity index (χ0) is 49.3. The van der Waals surface area contributed by atoms with Crippen molar-refractivity contribution in [1.29, 1.82) is 0 Å². The highest BCUT2D eigenvalue weighted by molar-refractivity contribution is 6.25. The number of phenols is 1. The van der Waals surface area contributed by atoms with Crippen molar-refractivity contribution in [3.05, 3.63) is 77.0 Å². The predicted molar refractivity (Wildman–Crippen MR) is 261 cm³/mol. The van der Waals surface area contributed by atoms with Crippen LogP contribution in [-0.4, -0.2) is 116 Å². The maximum absolute atomic E-state index is 17.1. The van der Waals surface area contributed by atoms with Gasteiger partial charge in [-0.05, 0) is 80.7 Å². The van der Waals surface area contributed by atoms with E-state index in [2.05, 4.69) is 36.7 Å². The Morgan fingerprint density at radius 3 is 2.46 bits per heavy atom. The first kappa shape index (κ1) is 47.4. The van der Waals surface area contributed by atoms with Gasteiger partial charge in [-0.3, -0.25) is 39.2 Å². The Labute approximate surface area is 408 Å². The van der Waals surface area contributed by atoms with E-state index in [1.165, 1.54) is 30.5 Å². The van der Waals surface area contributed by atoms with Gasteiger partial charge in [0.05, 0.1) is 28.1 Å². The third kappa shape index (κ3) is 9.42. The number of piperazine rings is 1. The monoisotopic (exact) mass is 967 g/mol. The number of pyridine rings is 1. The van der Waals surface area contributed by atoms with Gasteiger partial charge in [-0.25, -0.2) is 8.78 Å². The lowest BCUT2D eigenvalue weighted by atomic mass is 9.96. The largest absolute Gasteiger partial charge is 0.508 e. The number of halogens is 2. The quantitative estimate of drug-likeness (QED) is 0.0434. The normalized spacial score (nSPS) is 20.8. The third-order valence-electron chi connectivity index (χ3n) is 14.6. The summed E-state index contributed by atoms with van der Waals surface area (Å²) < 4.78 is 38.3. The van der Waals surface area contributed by atoms with Gasteiger partial charge < -0.3 is 30.3 Å². The number of terminal acetylenes is 1. The summed E-state index contributed by atoms with van der Waals surface area (Å²) in [6.07, 6.45) is 17.9. The van der Waals surface area contributed by atoms with Crippen LogP contribution in [0.1, 0.15) is 116 Å². The van der Waals surface area contributed by atoms with Crippen LogP contribution in [0.25, 0.3) is 32.9 Å². The number of nitrogens with zero attached hydrogens (tertiary/aromatic N) is 6. The molecule has 7 heterocycles. The molecule has 3 aromatic carbocycles. The van der Waals surface area contributed by atoms with E-state index in [4.69, 9.17) is 16.1 Å². The van der Waals surface area contributed by atoms with Gasteiger partial charge in [0.15, 0.2) is 5.82 Å². The summed E-state index contributed by atoms with van der Waals surface area (Å²) in [5.41, 5.74) is 0.887. The van der Waals surface area contributed by atoms with Crippen molar-refractivity contribution in [2.75, 3.05) is 43.0 Å². The number of unbranched alkanes of at least 4 members (excludes halogenated alkanes) is 6. The van der Waals surface area contributed by atoms with E-state index in [1.54, 1.807) is 18.2 Å². The molecule has 0 radical (unpaired) electrons. The van der Waals surface area contributed by atoms with E-state index < -0.39 is 41.3 Å². The van der Waals surface area contributed by atoms with Crippen LogP contribution in [0, 0.1) is 24.0 Å². The van der Waals surface area contributed by atoms with Crippen molar-refractivity contribution < 1.29 is 42.6 Å². The molecule has 2 aromatic heterocycles. The molecule has 0 saturated carbocycles. The van der Waals surface area contributed by atoms with Crippen molar-refractivity contribution in [2.45, 2.75) is 114 Å². The molecular formula is C53H55F2N9O7. The number of anilines is 2. The molecule has 2 bridgehead atoms. The van der Waals surface area contributed by atoms with Crippen LogP contribution in [0.3, 0.4) is 0 Å². The van der Waals surface area contributed by atoms with Crippen molar-refractivity contribution in [3.63, 3.8) is 0 Å². The number of aromatic hydroxyl groups is 1. The van der Waals surface area contributed by atoms with Gasteiger partial charge in [0.25, 0.3) is 11.8 Å².